The second kappa shape index (κ2) is 5.79. The van der Waals surface area contributed by atoms with Crippen LogP contribution < -0.4 is 11.1 Å². The molecule has 0 aliphatic carbocycles. The Morgan fingerprint density at radius 3 is 2.72 bits per heavy atom. The molecule has 0 aliphatic rings. The first-order valence-corrected chi connectivity index (χ1v) is 6.20. The fraction of sp³-hybridized carbons (Fsp3) is 0.167. The largest absolute Gasteiger partial charge is 0.387 e. The topological polar surface area (TPSA) is 84.1 Å². The summed E-state index contributed by atoms with van der Waals surface area (Å²) in [5, 5.41) is 13.0. The maximum Gasteiger partial charge on any atom is 0.146 e. The zero-order valence-corrected chi connectivity index (χ0v) is 11.1. The van der Waals surface area contributed by atoms with Crippen molar-refractivity contribution in [2.24, 2.45) is 0 Å². The van der Waals surface area contributed by atoms with Crippen LogP contribution in [0.15, 0.2) is 41.1 Å². The molecule has 5 nitrogen and oxygen atoms in total. The predicted molar refractivity (Wildman–Crippen MR) is 74.0 cm³/mol. The van der Waals surface area contributed by atoms with Gasteiger partial charge in [0.05, 0.1) is 6.10 Å². The number of nitrogens with zero attached hydrogens (tertiary/aromatic N) is 2. The average molecular weight is 309 g/mol. The number of halogens is 1. The van der Waals surface area contributed by atoms with Crippen molar-refractivity contribution in [1.29, 1.82) is 0 Å². The van der Waals surface area contributed by atoms with Crippen molar-refractivity contribution in [2.75, 3.05) is 17.6 Å². The molecule has 2 aromatic rings. The number of nitrogen functional groups attached to an aromatic ring is 1. The van der Waals surface area contributed by atoms with E-state index in [1.807, 2.05) is 30.3 Å². The third-order valence-corrected chi connectivity index (χ3v) is 3.25. The van der Waals surface area contributed by atoms with E-state index in [0.29, 0.717) is 22.7 Å². The summed E-state index contributed by atoms with van der Waals surface area (Å²) in [5.74, 6) is 0.930. The molecule has 0 spiro atoms. The van der Waals surface area contributed by atoms with Crippen molar-refractivity contribution in [2.45, 2.75) is 6.10 Å². The summed E-state index contributed by atoms with van der Waals surface area (Å²) < 4.78 is 0.602. The Balaban J connectivity index is 2.02. The van der Waals surface area contributed by atoms with Gasteiger partial charge in [-0.05, 0) is 21.5 Å². The third-order valence-electron chi connectivity index (χ3n) is 2.46. The molecule has 0 amide bonds. The number of hydrogen-bond donors (Lipinski definition) is 3. The maximum absolute atomic E-state index is 9.99. The fourth-order valence-corrected chi connectivity index (χ4v) is 1.84. The normalized spacial score (nSPS) is 12.1. The van der Waals surface area contributed by atoms with Gasteiger partial charge in [-0.15, -0.1) is 0 Å². The minimum atomic E-state index is -0.603. The zero-order chi connectivity index (χ0) is 13.0. The lowest BCUT2D eigenvalue weighted by Gasteiger charge is -2.13. The maximum atomic E-state index is 9.99. The molecule has 2 rings (SSSR count). The zero-order valence-electron chi connectivity index (χ0n) is 9.55. The first-order valence-electron chi connectivity index (χ1n) is 5.41. The highest BCUT2D eigenvalue weighted by molar-refractivity contribution is 9.10. The molecule has 4 N–H and O–H groups in total. The van der Waals surface area contributed by atoms with E-state index in [0.717, 1.165) is 5.56 Å². The predicted octanol–water partition coefficient (Wildman–Crippen LogP) is 1.97. The number of nitrogens with one attached hydrogen (secondary N) is 1. The highest BCUT2D eigenvalue weighted by atomic mass is 79.9. The Hall–Kier alpha value is -1.66. The highest BCUT2D eigenvalue weighted by Crippen LogP contribution is 2.24. The molecule has 0 saturated heterocycles. The SMILES string of the molecule is Nc1ncnc(NCC(O)c2ccccc2)c1Br. The van der Waals surface area contributed by atoms with E-state index in [2.05, 4.69) is 31.2 Å². The van der Waals surface area contributed by atoms with Crippen molar-refractivity contribution in [1.82, 2.24) is 9.97 Å². The van der Waals surface area contributed by atoms with Crippen LogP contribution >= 0.6 is 15.9 Å². The van der Waals surface area contributed by atoms with E-state index in [1.54, 1.807) is 0 Å². The Bertz CT molecular complexity index is 521. The summed E-state index contributed by atoms with van der Waals surface area (Å²) in [4.78, 5) is 7.89. The Morgan fingerprint density at radius 1 is 1.28 bits per heavy atom. The van der Waals surface area contributed by atoms with Crippen LogP contribution in [0.5, 0.6) is 0 Å². The molecule has 1 unspecified atom stereocenters. The number of nitrogens with two attached hydrogens (primary N) is 1. The summed E-state index contributed by atoms with van der Waals surface area (Å²) in [6.07, 6.45) is 0.770. The third kappa shape index (κ3) is 2.96. The molecule has 18 heavy (non-hydrogen) atoms. The molecule has 0 saturated carbocycles. The van der Waals surface area contributed by atoms with Gasteiger partial charge in [0.1, 0.15) is 22.4 Å². The van der Waals surface area contributed by atoms with Crippen molar-refractivity contribution >= 4 is 27.6 Å². The minimum Gasteiger partial charge on any atom is -0.387 e. The van der Waals surface area contributed by atoms with E-state index in [1.165, 1.54) is 6.33 Å². The highest BCUT2D eigenvalue weighted by Gasteiger charge is 2.09. The summed E-state index contributed by atoms with van der Waals surface area (Å²) in [6.45, 7) is 0.346. The molecular weight excluding hydrogens is 296 g/mol. The molecule has 1 aromatic heterocycles. The summed E-state index contributed by atoms with van der Waals surface area (Å²) >= 11 is 3.29. The number of aromatic nitrogens is 2. The van der Waals surface area contributed by atoms with Crippen LogP contribution in [0.4, 0.5) is 11.6 Å². The van der Waals surface area contributed by atoms with E-state index >= 15 is 0 Å². The van der Waals surface area contributed by atoms with Gasteiger partial charge in [-0.1, -0.05) is 30.3 Å². The lowest BCUT2D eigenvalue weighted by atomic mass is 10.1. The van der Waals surface area contributed by atoms with Gasteiger partial charge in [-0.25, -0.2) is 9.97 Å². The number of anilines is 2. The summed E-state index contributed by atoms with van der Waals surface area (Å²) in [7, 11) is 0. The second-order valence-electron chi connectivity index (χ2n) is 3.73. The summed E-state index contributed by atoms with van der Waals surface area (Å²) in [6, 6.07) is 9.42. The van der Waals surface area contributed by atoms with E-state index in [-0.39, 0.29) is 0 Å². The molecule has 6 heteroatoms. The molecule has 1 aromatic carbocycles. The van der Waals surface area contributed by atoms with Gasteiger partial charge in [0.15, 0.2) is 0 Å². The lowest BCUT2D eigenvalue weighted by molar-refractivity contribution is 0.191. The van der Waals surface area contributed by atoms with E-state index < -0.39 is 6.10 Å². The lowest BCUT2D eigenvalue weighted by Crippen LogP contribution is -2.13. The quantitative estimate of drug-likeness (QED) is 0.804. The van der Waals surface area contributed by atoms with Gasteiger partial charge in [-0.2, -0.15) is 0 Å². The Morgan fingerprint density at radius 2 is 2.00 bits per heavy atom. The Kier molecular flexibility index (Phi) is 4.11. The van der Waals surface area contributed by atoms with Crippen LogP contribution in [0.1, 0.15) is 11.7 Å². The second-order valence-corrected chi connectivity index (χ2v) is 4.52. The van der Waals surface area contributed by atoms with Crippen LogP contribution in [-0.4, -0.2) is 21.6 Å². The van der Waals surface area contributed by atoms with Gasteiger partial charge in [0.2, 0.25) is 0 Å². The molecule has 0 fully saturated rings. The fourth-order valence-electron chi connectivity index (χ4n) is 1.49. The summed E-state index contributed by atoms with van der Waals surface area (Å²) in [5.41, 5.74) is 6.49. The molecular formula is C12H13BrN4O. The van der Waals surface area contributed by atoms with Gasteiger partial charge in [0, 0.05) is 6.54 Å². The van der Waals surface area contributed by atoms with E-state index in [4.69, 9.17) is 5.73 Å². The van der Waals surface area contributed by atoms with Crippen LogP contribution in [0.25, 0.3) is 0 Å². The van der Waals surface area contributed by atoms with Crippen LogP contribution in [0.3, 0.4) is 0 Å². The first-order chi connectivity index (χ1) is 8.68. The number of aliphatic hydroxyl groups excluding tert-OH is 1. The molecule has 1 heterocycles. The smallest absolute Gasteiger partial charge is 0.146 e. The van der Waals surface area contributed by atoms with Crippen molar-refractivity contribution in [3.8, 4) is 0 Å². The monoisotopic (exact) mass is 308 g/mol. The first kappa shape index (κ1) is 12.8. The van der Waals surface area contributed by atoms with E-state index in [9.17, 15) is 5.11 Å². The van der Waals surface area contributed by atoms with Crippen molar-refractivity contribution < 1.29 is 5.11 Å². The standard InChI is InChI=1S/C12H13BrN4O/c13-10-11(14)16-7-17-12(10)15-6-9(18)8-4-2-1-3-5-8/h1-5,7,9,18H,6H2,(H3,14,15,16,17). The molecule has 94 valence electrons. The van der Waals surface area contributed by atoms with Gasteiger partial charge < -0.3 is 16.2 Å². The number of benzene rings is 1. The van der Waals surface area contributed by atoms with Crippen molar-refractivity contribution in [3.63, 3.8) is 0 Å². The van der Waals surface area contributed by atoms with Crippen LogP contribution in [0.2, 0.25) is 0 Å². The molecule has 0 bridgehead atoms. The minimum absolute atomic E-state index is 0.346. The van der Waals surface area contributed by atoms with Gasteiger partial charge >= 0.3 is 0 Å². The van der Waals surface area contributed by atoms with Gasteiger partial charge in [0.25, 0.3) is 0 Å². The number of rotatable bonds is 4. The Labute approximate surface area is 113 Å². The number of aliphatic hydroxyl groups is 1. The van der Waals surface area contributed by atoms with Crippen molar-refractivity contribution in [3.05, 3.63) is 46.7 Å². The molecule has 0 aliphatic heterocycles. The molecule has 1 atom stereocenters. The molecule has 0 radical (unpaired) electrons. The van der Waals surface area contributed by atoms with Crippen LogP contribution in [0, 0.1) is 0 Å². The van der Waals surface area contributed by atoms with Crippen LogP contribution in [-0.2, 0) is 0 Å². The number of hydrogen-bond acceptors (Lipinski definition) is 5. The van der Waals surface area contributed by atoms with Gasteiger partial charge in [-0.3, -0.25) is 0 Å². The average Bonchev–Trinajstić information content (AvgIpc) is 2.41.